The second-order valence-electron chi connectivity index (χ2n) is 5.80. The number of carboxylic acid groups (broad SMARTS) is 1. The smallest absolute Gasteiger partial charge is 0.303 e. The number of unbranched alkanes of at least 4 members (excludes halogenated alkanes) is 2. The molecule has 7 heteroatoms. The standard InChI is InChI=1S/C18H19NO5S/c20-18(21)12-2-1-7-13-19-14-8-3-4-9-15(14)24-16-10-5-6-11-17(16)25(19,22)23/h3-6,8-11H,1-2,7,12-13H2,(H,20,21). The molecule has 3 rings (SSSR count). The van der Waals surface area contributed by atoms with Crippen molar-refractivity contribution in [1.82, 2.24) is 0 Å². The second kappa shape index (κ2) is 7.14. The third-order valence-electron chi connectivity index (χ3n) is 4.02. The van der Waals surface area contributed by atoms with Gasteiger partial charge in [-0.25, -0.2) is 8.42 Å². The Balaban J connectivity index is 1.90. The maximum absolute atomic E-state index is 13.1. The molecule has 6 nitrogen and oxygen atoms in total. The predicted octanol–water partition coefficient (Wildman–Crippen LogP) is 3.63. The number of aliphatic carboxylic acids is 1. The van der Waals surface area contributed by atoms with E-state index in [4.69, 9.17) is 9.84 Å². The molecule has 2 aromatic rings. The molecule has 1 heterocycles. The van der Waals surface area contributed by atoms with Crippen molar-refractivity contribution in [3.8, 4) is 11.5 Å². The van der Waals surface area contributed by atoms with E-state index in [1.165, 1.54) is 10.4 Å². The zero-order valence-corrected chi connectivity index (χ0v) is 14.4. The molecular weight excluding hydrogens is 342 g/mol. The van der Waals surface area contributed by atoms with Crippen molar-refractivity contribution in [2.45, 2.75) is 30.6 Å². The molecule has 0 bridgehead atoms. The fourth-order valence-corrected chi connectivity index (χ4v) is 4.44. The van der Waals surface area contributed by atoms with Gasteiger partial charge in [0.15, 0.2) is 5.75 Å². The average Bonchev–Trinajstić information content (AvgIpc) is 2.67. The number of ether oxygens (including phenoxy) is 1. The lowest BCUT2D eigenvalue weighted by atomic mass is 10.2. The molecule has 1 aliphatic heterocycles. The molecule has 0 aromatic heterocycles. The van der Waals surface area contributed by atoms with Gasteiger partial charge in [-0.1, -0.05) is 30.7 Å². The van der Waals surface area contributed by atoms with Crippen molar-refractivity contribution in [3.05, 3.63) is 48.5 Å². The van der Waals surface area contributed by atoms with Crippen molar-refractivity contribution in [2.75, 3.05) is 10.8 Å². The van der Waals surface area contributed by atoms with E-state index in [-0.39, 0.29) is 17.9 Å². The summed E-state index contributed by atoms with van der Waals surface area (Å²) in [5, 5.41) is 8.70. The van der Waals surface area contributed by atoms with Crippen LogP contribution in [0.25, 0.3) is 0 Å². The topological polar surface area (TPSA) is 83.9 Å². The van der Waals surface area contributed by atoms with Crippen molar-refractivity contribution < 1.29 is 23.1 Å². The van der Waals surface area contributed by atoms with Gasteiger partial charge in [-0.05, 0) is 37.1 Å². The molecule has 0 amide bonds. The molecule has 132 valence electrons. The van der Waals surface area contributed by atoms with Crippen LogP contribution in [0.5, 0.6) is 11.5 Å². The maximum atomic E-state index is 13.1. The van der Waals surface area contributed by atoms with E-state index in [2.05, 4.69) is 0 Å². The van der Waals surface area contributed by atoms with Crippen LogP contribution in [-0.4, -0.2) is 26.0 Å². The van der Waals surface area contributed by atoms with Gasteiger partial charge in [-0.3, -0.25) is 9.10 Å². The van der Waals surface area contributed by atoms with E-state index in [0.29, 0.717) is 36.4 Å². The summed E-state index contributed by atoms with van der Waals surface area (Å²) in [5.41, 5.74) is 0.497. The van der Waals surface area contributed by atoms with Gasteiger partial charge >= 0.3 is 5.97 Å². The number of hydrogen-bond acceptors (Lipinski definition) is 4. The number of sulfonamides is 1. The van der Waals surface area contributed by atoms with Crippen LogP contribution >= 0.6 is 0 Å². The molecule has 25 heavy (non-hydrogen) atoms. The van der Waals surface area contributed by atoms with Gasteiger partial charge in [0.05, 0.1) is 5.69 Å². The van der Waals surface area contributed by atoms with Gasteiger partial charge in [0, 0.05) is 13.0 Å². The van der Waals surface area contributed by atoms with E-state index in [9.17, 15) is 13.2 Å². The number of carbonyl (C=O) groups is 1. The first-order chi connectivity index (χ1) is 12.0. The first-order valence-corrected chi connectivity index (χ1v) is 9.54. The van der Waals surface area contributed by atoms with Crippen LogP contribution in [0.2, 0.25) is 0 Å². The van der Waals surface area contributed by atoms with Crippen LogP contribution in [0.15, 0.2) is 53.4 Å². The summed E-state index contributed by atoms with van der Waals surface area (Å²) in [5.74, 6) is -0.0417. The zero-order chi connectivity index (χ0) is 17.9. The number of anilines is 1. The highest BCUT2D eigenvalue weighted by Crippen LogP contribution is 2.42. The van der Waals surface area contributed by atoms with E-state index < -0.39 is 16.0 Å². The SMILES string of the molecule is O=C(O)CCCCCN1c2ccccc2Oc2ccccc2S1(=O)=O. The highest BCUT2D eigenvalue weighted by molar-refractivity contribution is 7.93. The van der Waals surface area contributed by atoms with E-state index in [0.717, 1.165) is 0 Å². The predicted molar refractivity (Wildman–Crippen MR) is 93.6 cm³/mol. The lowest BCUT2D eigenvalue weighted by Crippen LogP contribution is -2.31. The maximum Gasteiger partial charge on any atom is 0.303 e. The Morgan fingerprint density at radius 1 is 0.960 bits per heavy atom. The summed E-state index contributed by atoms with van der Waals surface area (Å²) >= 11 is 0. The highest BCUT2D eigenvalue weighted by Gasteiger charge is 2.32. The van der Waals surface area contributed by atoms with Crippen LogP contribution in [0.1, 0.15) is 25.7 Å². The van der Waals surface area contributed by atoms with Gasteiger partial charge in [-0.2, -0.15) is 0 Å². The number of para-hydroxylation sites is 3. The fourth-order valence-electron chi connectivity index (χ4n) is 2.81. The third-order valence-corrected chi connectivity index (χ3v) is 5.88. The van der Waals surface area contributed by atoms with Crippen LogP contribution < -0.4 is 9.04 Å². The summed E-state index contributed by atoms with van der Waals surface area (Å²) in [4.78, 5) is 10.7. The first-order valence-electron chi connectivity index (χ1n) is 8.10. The monoisotopic (exact) mass is 361 g/mol. The molecule has 1 aliphatic rings. The summed E-state index contributed by atoms with van der Waals surface area (Å²) in [6, 6.07) is 13.6. The second-order valence-corrected chi connectivity index (χ2v) is 7.63. The highest BCUT2D eigenvalue weighted by atomic mass is 32.2. The molecule has 0 saturated heterocycles. The van der Waals surface area contributed by atoms with Gasteiger partial charge in [0.2, 0.25) is 0 Å². The number of carboxylic acids is 1. The van der Waals surface area contributed by atoms with Gasteiger partial charge in [-0.15, -0.1) is 0 Å². The number of nitrogens with zero attached hydrogens (tertiary/aromatic N) is 1. The summed E-state index contributed by atoms with van der Waals surface area (Å²) in [6.07, 6.45) is 1.83. The Labute approximate surface area is 146 Å². The molecule has 0 fully saturated rings. The van der Waals surface area contributed by atoms with Crippen LogP contribution in [0.4, 0.5) is 5.69 Å². The molecule has 1 N–H and O–H groups in total. The van der Waals surface area contributed by atoms with Gasteiger partial charge in [0.25, 0.3) is 10.0 Å². The zero-order valence-electron chi connectivity index (χ0n) is 13.6. The minimum absolute atomic E-state index is 0.0925. The first kappa shape index (κ1) is 17.3. The summed E-state index contributed by atoms with van der Waals surface area (Å²) in [6.45, 7) is 0.274. The lowest BCUT2D eigenvalue weighted by molar-refractivity contribution is -0.137. The summed E-state index contributed by atoms with van der Waals surface area (Å²) < 4.78 is 33.4. The normalized spacial score (nSPS) is 14.8. The molecule has 0 unspecified atom stereocenters. The van der Waals surface area contributed by atoms with E-state index in [1.54, 1.807) is 42.5 Å². The van der Waals surface area contributed by atoms with Gasteiger partial charge < -0.3 is 9.84 Å². The Bertz CT molecular complexity index is 879. The Hall–Kier alpha value is -2.54. The van der Waals surface area contributed by atoms with Crippen LogP contribution in [0, 0.1) is 0 Å². The molecule has 0 radical (unpaired) electrons. The summed E-state index contributed by atoms with van der Waals surface area (Å²) in [7, 11) is -3.74. The van der Waals surface area contributed by atoms with E-state index in [1.807, 2.05) is 0 Å². The number of hydrogen-bond donors (Lipinski definition) is 1. The number of benzene rings is 2. The Morgan fingerprint density at radius 3 is 2.40 bits per heavy atom. The Kier molecular flexibility index (Phi) is 4.94. The number of rotatable bonds is 6. The van der Waals surface area contributed by atoms with E-state index >= 15 is 0 Å². The van der Waals surface area contributed by atoms with Crippen molar-refractivity contribution in [3.63, 3.8) is 0 Å². The van der Waals surface area contributed by atoms with Gasteiger partial charge in [0.1, 0.15) is 10.6 Å². The molecular formula is C18H19NO5S. The minimum Gasteiger partial charge on any atom is -0.481 e. The minimum atomic E-state index is -3.74. The van der Waals surface area contributed by atoms with Crippen molar-refractivity contribution in [2.24, 2.45) is 0 Å². The van der Waals surface area contributed by atoms with Crippen LogP contribution in [0.3, 0.4) is 0 Å². The lowest BCUT2D eigenvalue weighted by Gasteiger charge is -2.23. The molecule has 2 aromatic carbocycles. The fraction of sp³-hybridized carbons (Fsp3) is 0.278. The molecule has 0 saturated carbocycles. The molecule has 0 aliphatic carbocycles. The number of fused-ring (bicyclic) bond motifs is 2. The van der Waals surface area contributed by atoms with Crippen molar-refractivity contribution >= 4 is 21.7 Å². The van der Waals surface area contributed by atoms with Crippen molar-refractivity contribution in [1.29, 1.82) is 0 Å². The molecule has 0 spiro atoms. The largest absolute Gasteiger partial charge is 0.481 e. The quantitative estimate of drug-likeness (QED) is 0.794. The Morgan fingerprint density at radius 2 is 1.64 bits per heavy atom. The molecule has 0 atom stereocenters. The third kappa shape index (κ3) is 3.61. The average molecular weight is 361 g/mol. The van der Waals surface area contributed by atoms with Crippen LogP contribution in [-0.2, 0) is 14.8 Å².